The number of rotatable bonds is 27. The van der Waals surface area contributed by atoms with Gasteiger partial charge in [0.15, 0.2) is 11.6 Å². The van der Waals surface area contributed by atoms with Crippen molar-refractivity contribution >= 4 is 40.9 Å². The van der Waals surface area contributed by atoms with E-state index in [4.69, 9.17) is 23.9 Å². The van der Waals surface area contributed by atoms with Crippen LogP contribution in [0.25, 0.3) is 11.4 Å². The number of piperidine rings is 2. The van der Waals surface area contributed by atoms with Gasteiger partial charge in [0, 0.05) is 78.6 Å². The fraction of sp³-hybridized carbons (Fsp3) is 0.444. The van der Waals surface area contributed by atoms with Crippen LogP contribution in [0.5, 0.6) is 5.75 Å². The monoisotopic (exact) mass is 999 g/mol. The summed E-state index contributed by atoms with van der Waals surface area (Å²) in [6.45, 7) is 7.24. The number of carbonyl (C=O) groups excluding carboxylic acids is 5. The van der Waals surface area contributed by atoms with Gasteiger partial charge in [-0.25, -0.2) is 4.98 Å². The van der Waals surface area contributed by atoms with Gasteiger partial charge in [-0.05, 0) is 125 Å². The zero-order chi connectivity index (χ0) is 50.8. The first-order chi connectivity index (χ1) is 35.7. The molecule has 386 valence electrons. The third kappa shape index (κ3) is 14.3. The number of benzene rings is 3. The van der Waals surface area contributed by atoms with Gasteiger partial charge in [0.1, 0.15) is 11.8 Å². The molecule has 3 aliphatic rings. The number of imide groups is 1. The molecule has 8 rings (SSSR count). The van der Waals surface area contributed by atoms with E-state index in [1.807, 2.05) is 67.6 Å². The maximum Gasteiger partial charge on any atom is 0.255 e. The van der Waals surface area contributed by atoms with Crippen molar-refractivity contribution in [1.82, 2.24) is 41.0 Å². The van der Waals surface area contributed by atoms with Crippen molar-refractivity contribution in [3.63, 3.8) is 0 Å². The zero-order valence-corrected chi connectivity index (χ0v) is 41.4. The smallest absolute Gasteiger partial charge is 0.255 e. The Labute approximate surface area is 425 Å². The fourth-order valence-electron chi connectivity index (χ4n) is 9.27. The molecule has 0 radical (unpaired) electrons. The minimum Gasteiger partial charge on any atom is -0.494 e. The van der Waals surface area contributed by atoms with Crippen LogP contribution in [0.4, 0.5) is 11.4 Å². The van der Waals surface area contributed by atoms with Gasteiger partial charge in [0.05, 0.1) is 44.6 Å². The molecule has 73 heavy (non-hydrogen) atoms. The number of aromatic nitrogens is 4. The first kappa shape index (κ1) is 52.3. The van der Waals surface area contributed by atoms with E-state index >= 15 is 0 Å². The average Bonchev–Trinajstić information content (AvgIpc) is 4.04. The van der Waals surface area contributed by atoms with E-state index in [-0.39, 0.29) is 55.5 Å². The molecule has 2 saturated heterocycles. The van der Waals surface area contributed by atoms with Gasteiger partial charge in [-0.3, -0.25) is 39.4 Å². The molecule has 2 atom stereocenters. The minimum atomic E-state index is -0.717. The van der Waals surface area contributed by atoms with Gasteiger partial charge in [0.2, 0.25) is 17.7 Å². The molecule has 0 spiro atoms. The largest absolute Gasteiger partial charge is 0.494 e. The number of aromatic amines is 1. The lowest BCUT2D eigenvalue weighted by Gasteiger charge is -2.37. The second-order valence-electron chi connectivity index (χ2n) is 18.5. The maximum absolute atomic E-state index is 13.6. The first-order valence-electron chi connectivity index (χ1n) is 25.4. The van der Waals surface area contributed by atoms with Crippen molar-refractivity contribution in [1.29, 1.82) is 0 Å². The van der Waals surface area contributed by atoms with Gasteiger partial charge in [-0.1, -0.05) is 30.7 Å². The van der Waals surface area contributed by atoms with Crippen molar-refractivity contribution in [2.24, 2.45) is 0 Å². The van der Waals surface area contributed by atoms with E-state index in [1.165, 1.54) is 4.90 Å². The van der Waals surface area contributed by atoms with Crippen LogP contribution in [-0.4, -0.2) is 120 Å². The molecule has 5 heterocycles. The number of hydrogen-bond acceptors (Lipinski definition) is 14. The molecule has 3 aromatic carbocycles. The van der Waals surface area contributed by atoms with Gasteiger partial charge in [-0.2, -0.15) is 5.10 Å². The molecule has 5 aromatic rings. The molecular formula is C54H66N10O9. The number of nitrogens with one attached hydrogen (secondary N) is 6. The van der Waals surface area contributed by atoms with E-state index in [0.29, 0.717) is 80.9 Å². The number of hydrogen-bond donors (Lipinski definition) is 6. The van der Waals surface area contributed by atoms with Crippen LogP contribution in [0.1, 0.15) is 115 Å². The van der Waals surface area contributed by atoms with Crippen molar-refractivity contribution in [3.8, 4) is 17.1 Å². The minimum absolute atomic E-state index is 0.170. The second-order valence-corrected chi connectivity index (χ2v) is 18.5. The molecule has 0 bridgehead atoms. The summed E-state index contributed by atoms with van der Waals surface area (Å²) in [6, 6.07) is 23.4. The standard InChI is InChI=1S/C54H66N10O9/c1-37(57-50(67)40-11-6-12-41(34-40)61-54(21-25-56-26-22-54)53-60-49(62-63-53)38-19-23-55-24-20-38)39-10-7-13-42(35-39)73-29-5-3-2-4-27-70-30-32-72-33-31-71-28-9-16-47(65)58-45-15-8-14-43-44(45)36-64(52(43)69)46-17-18-48(66)59-51(46)68/h6-8,10-15,19-20,23-24,34-35,37,46,56,61H,2-5,9,16-18,21-22,25-33,36H2,1H3,(H,57,67)(H,58,65)(H,59,66,68)(H,60,62,63)/t37-,46?/m1/s1. The highest BCUT2D eigenvalue weighted by Crippen LogP contribution is 2.35. The summed E-state index contributed by atoms with van der Waals surface area (Å²) in [7, 11) is 0. The molecule has 19 heteroatoms. The van der Waals surface area contributed by atoms with Crippen LogP contribution in [0.3, 0.4) is 0 Å². The maximum atomic E-state index is 13.6. The molecule has 2 aromatic heterocycles. The molecule has 1 unspecified atom stereocenters. The summed E-state index contributed by atoms with van der Waals surface area (Å²) in [6.07, 6.45) is 10.1. The number of amides is 5. The van der Waals surface area contributed by atoms with Crippen LogP contribution < -0.4 is 31.3 Å². The number of anilines is 2. The predicted molar refractivity (Wildman–Crippen MR) is 273 cm³/mol. The quantitative estimate of drug-likeness (QED) is 0.0253. The Hall–Kier alpha value is -7.06. The highest BCUT2D eigenvalue weighted by molar-refractivity contribution is 6.06. The SMILES string of the molecule is C[C@@H](NC(=O)c1cccc(NC2(c3nc(-c4ccncc4)n[nH]3)CCNCC2)c1)c1cccc(OCCCCCCOCCOCCOCCCC(=O)Nc2cccc3c2CN(C2CCC(=O)NC2=O)C3=O)c1. The molecular weight excluding hydrogens is 933 g/mol. The Balaban J connectivity index is 0.640. The molecule has 19 nitrogen and oxygen atoms in total. The number of ether oxygens (including phenoxy) is 4. The Morgan fingerprint density at radius 3 is 2.33 bits per heavy atom. The van der Waals surface area contributed by atoms with Gasteiger partial charge in [-0.15, -0.1) is 0 Å². The van der Waals surface area contributed by atoms with Crippen molar-refractivity contribution in [3.05, 3.63) is 119 Å². The highest BCUT2D eigenvalue weighted by atomic mass is 16.5. The molecule has 0 aliphatic carbocycles. The summed E-state index contributed by atoms with van der Waals surface area (Å²) in [4.78, 5) is 73.8. The predicted octanol–water partition coefficient (Wildman–Crippen LogP) is 6.22. The van der Waals surface area contributed by atoms with Gasteiger partial charge < -0.3 is 45.1 Å². The van der Waals surface area contributed by atoms with Crippen LogP contribution >= 0.6 is 0 Å². The van der Waals surface area contributed by atoms with E-state index in [9.17, 15) is 24.0 Å². The van der Waals surface area contributed by atoms with Crippen molar-refractivity contribution < 1.29 is 42.9 Å². The zero-order valence-electron chi connectivity index (χ0n) is 41.4. The third-order valence-corrected chi connectivity index (χ3v) is 13.3. The van der Waals surface area contributed by atoms with Crippen LogP contribution in [0, 0.1) is 0 Å². The Morgan fingerprint density at radius 1 is 0.822 bits per heavy atom. The second kappa shape index (κ2) is 26.1. The summed E-state index contributed by atoms with van der Waals surface area (Å²) in [5.41, 5.74) is 4.39. The van der Waals surface area contributed by atoms with Crippen LogP contribution in [-0.2, 0) is 40.7 Å². The number of carbonyl (C=O) groups is 5. The fourth-order valence-corrected chi connectivity index (χ4v) is 9.27. The van der Waals surface area contributed by atoms with E-state index in [1.54, 1.807) is 30.6 Å². The van der Waals surface area contributed by atoms with Crippen molar-refractivity contribution in [2.75, 3.05) is 70.0 Å². The molecule has 0 saturated carbocycles. The van der Waals surface area contributed by atoms with Gasteiger partial charge in [0.25, 0.3) is 11.8 Å². The van der Waals surface area contributed by atoms with E-state index < -0.39 is 17.5 Å². The highest BCUT2D eigenvalue weighted by Gasteiger charge is 2.40. The number of fused-ring (bicyclic) bond motifs is 1. The molecule has 6 N–H and O–H groups in total. The summed E-state index contributed by atoms with van der Waals surface area (Å²) in [5.74, 6) is 0.676. The topological polar surface area (TPSA) is 240 Å². The lowest BCUT2D eigenvalue weighted by atomic mass is 9.87. The number of pyridine rings is 1. The van der Waals surface area contributed by atoms with Crippen molar-refractivity contribution in [2.45, 2.75) is 95.3 Å². The van der Waals surface area contributed by atoms with Gasteiger partial charge >= 0.3 is 0 Å². The molecule has 5 amide bonds. The number of H-pyrrole nitrogens is 1. The average molecular weight is 999 g/mol. The van der Waals surface area contributed by atoms with E-state index in [0.717, 1.165) is 80.0 Å². The summed E-state index contributed by atoms with van der Waals surface area (Å²) < 4.78 is 23.1. The summed E-state index contributed by atoms with van der Waals surface area (Å²) >= 11 is 0. The number of unbranched alkanes of at least 4 members (excludes halogenated alkanes) is 3. The Morgan fingerprint density at radius 2 is 1.55 bits per heavy atom. The third-order valence-electron chi connectivity index (χ3n) is 13.3. The van der Waals surface area contributed by atoms with Crippen LogP contribution in [0.2, 0.25) is 0 Å². The van der Waals surface area contributed by atoms with E-state index in [2.05, 4.69) is 41.8 Å². The molecule has 2 fully saturated rings. The Kier molecular flexibility index (Phi) is 18.7. The van der Waals surface area contributed by atoms with Crippen LogP contribution in [0.15, 0.2) is 91.3 Å². The lowest BCUT2D eigenvalue weighted by Crippen LogP contribution is -2.52. The lowest BCUT2D eigenvalue weighted by molar-refractivity contribution is -0.137. The molecule has 3 aliphatic heterocycles. The summed E-state index contributed by atoms with van der Waals surface area (Å²) in [5, 5.41) is 23.2. The Bertz CT molecular complexity index is 2660. The normalized spacial score (nSPS) is 16.6. The number of nitrogens with zero attached hydrogens (tertiary/aromatic N) is 4. The first-order valence-corrected chi connectivity index (χ1v) is 25.4.